The lowest BCUT2D eigenvalue weighted by atomic mass is 9.92. The minimum atomic E-state index is -0.401. The molecule has 17 heavy (non-hydrogen) atoms. The topological polar surface area (TPSA) is 64.4 Å². The van der Waals surface area contributed by atoms with Crippen molar-refractivity contribution in [3.05, 3.63) is 0 Å². The number of hydrogen-bond donors (Lipinski definition) is 2. The van der Waals surface area contributed by atoms with E-state index < -0.39 is 6.04 Å². The molecule has 0 radical (unpaired) electrons. The van der Waals surface area contributed by atoms with Gasteiger partial charge in [-0.15, -0.1) is 12.4 Å². The molecule has 1 fully saturated rings. The van der Waals surface area contributed by atoms with Crippen molar-refractivity contribution in [3.8, 4) is 0 Å². The summed E-state index contributed by atoms with van der Waals surface area (Å²) < 4.78 is 5.30. The Morgan fingerprint density at radius 3 is 2.29 bits per heavy atom. The van der Waals surface area contributed by atoms with Crippen molar-refractivity contribution in [2.24, 2.45) is 17.6 Å². The van der Waals surface area contributed by atoms with Crippen LogP contribution in [0.5, 0.6) is 0 Å². The average molecular weight is 265 g/mol. The maximum atomic E-state index is 11.8. The van der Waals surface area contributed by atoms with Crippen LogP contribution in [-0.2, 0) is 9.53 Å². The van der Waals surface area contributed by atoms with E-state index in [0.29, 0.717) is 5.92 Å². The fourth-order valence-electron chi connectivity index (χ4n) is 1.96. The van der Waals surface area contributed by atoms with Crippen molar-refractivity contribution in [3.63, 3.8) is 0 Å². The summed E-state index contributed by atoms with van der Waals surface area (Å²) in [6.07, 6.45) is 2.05. The summed E-state index contributed by atoms with van der Waals surface area (Å²) in [6.45, 7) is 7.59. The van der Waals surface area contributed by atoms with Crippen molar-refractivity contribution in [1.29, 1.82) is 0 Å². The number of hydrogen-bond acceptors (Lipinski definition) is 3. The van der Waals surface area contributed by atoms with Gasteiger partial charge in [0.15, 0.2) is 0 Å². The summed E-state index contributed by atoms with van der Waals surface area (Å²) in [7, 11) is 0. The maximum absolute atomic E-state index is 11.8. The summed E-state index contributed by atoms with van der Waals surface area (Å²) in [5, 5.41) is 3.01. The standard InChI is InChI=1S/C12H24N2O2.ClH/c1-8(2)11(13)12(15)14-9(3)10-4-6-16-7-5-10;/h8-11H,4-7,13H2,1-3H3,(H,14,15);1H. The highest BCUT2D eigenvalue weighted by atomic mass is 35.5. The molecule has 0 aliphatic carbocycles. The highest BCUT2D eigenvalue weighted by molar-refractivity contribution is 5.85. The van der Waals surface area contributed by atoms with Crippen LogP contribution in [0.3, 0.4) is 0 Å². The molecule has 0 spiro atoms. The molecule has 1 aliphatic heterocycles. The number of nitrogens with one attached hydrogen (secondary N) is 1. The van der Waals surface area contributed by atoms with E-state index in [1.165, 1.54) is 0 Å². The summed E-state index contributed by atoms with van der Waals surface area (Å²) in [5.41, 5.74) is 5.80. The lowest BCUT2D eigenvalue weighted by Crippen LogP contribution is -2.49. The van der Waals surface area contributed by atoms with Gasteiger partial charge in [0.1, 0.15) is 0 Å². The number of halogens is 1. The zero-order valence-electron chi connectivity index (χ0n) is 10.9. The first kappa shape index (κ1) is 16.7. The van der Waals surface area contributed by atoms with E-state index in [4.69, 9.17) is 10.5 Å². The molecule has 0 aromatic rings. The molecule has 1 amide bonds. The Hall–Kier alpha value is -0.320. The normalized spacial score (nSPS) is 20.5. The summed E-state index contributed by atoms with van der Waals surface area (Å²) >= 11 is 0. The van der Waals surface area contributed by atoms with Crippen LogP contribution in [0.2, 0.25) is 0 Å². The molecule has 5 heteroatoms. The Kier molecular flexibility index (Phi) is 7.75. The van der Waals surface area contributed by atoms with Crippen molar-refractivity contribution in [2.45, 2.75) is 45.7 Å². The van der Waals surface area contributed by atoms with Crippen LogP contribution >= 0.6 is 12.4 Å². The fourth-order valence-corrected chi connectivity index (χ4v) is 1.96. The minimum Gasteiger partial charge on any atom is -0.381 e. The van der Waals surface area contributed by atoms with Crippen LogP contribution in [-0.4, -0.2) is 31.2 Å². The van der Waals surface area contributed by atoms with Gasteiger partial charge in [-0.25, -0.2) is 0 Å². The van der Waals surface area contributed by atoms with Gasteiger partial charge in [-0.3, -0.25) is 4.79 Å². The molecule has 1 rings (SSSR count). The second kappa shape index (κ2) is 7.90. The first-order chi connectivity index (χ1) is 7.52. The van der Waals surface area contributed by atoms with Crippen molar-refractivity contribution < 1.29 is 9.53 Å². The summed E-state index contributed by atoms with van der Waals surface area (Å²) in [6, 6.07) is -0.205. The second-order valence-electron chi connectivity index (χ2n) is 5.02. The van der Waals surface area contributed by atoms with Gasteiger partial charge >= 0.3 is 0 Å². The van der Waals surface area contributed by atoms with Gasteiger partial charge in [0.2, 0.25) is 5.91 Å². The number of nitrogens with two attached hydrogens (primary N) is 1. The molecular weight excluding hydrogens is 240 g/mol. The predicted molar refractivity (Wildman–Crippen MR) is 71.2 cm³/mol. The third-order valence-corrected chi connectivity index (χ3v) is 3.36. The van der Waals surface area contributed by atoms with Crippen LogP contribution in [0.1, 0.15) is 33.6 Å². The van der Waals surface area contributed by atoms with Crippen molar-refractivity contribution >= 4 is 18.3 Å². The maximum Gasteiger partial charge on any atom is 0.237 e. The zero-order chi connectivity index (χ0) is 12.1. The SMILES string of the molecule is CC(C)C(N)C(=O)NC(C)C1CCOCC1.Cl. The van der Waals surface area contributed by atoms with Gasteiger partial charge in [-0.05, 0) is 31.6 Å². The lowest BCUT2D eigenvalue weighted by molar-refractivity contribution is -0.124. The molecular formula is C12H25ClN2O2. The molecule has 1 aliphatic rings. The molecule has 4 nitrogen and oxygen atoms in total. The first-order valence-corrected chi connectivity index (χ1v) is 6.16. The van der Waals surface area contributed by atoms with Crippen LogP contribution in [0.4, 0.5) is 0 Å². The quantitative estimate of drug-likeness (QED) is 0.805. The predicted octanol–water partition coefficient (Wildman–Crippen LogP) is 1.32. The number of amides is 1. The smallest absolute Gasteiger partial charge is 0.237 e. The number of rotatable bonds is 4. The van der Waals surface area contributed by atoms with E-state index in [1.807, 2.05) is 13.8 Å². The third-order valence-electron chi connectivity index (χ3n) is 3.36. The molecule has 0 bridgehead atoms. The minimum absolute atomic E-state index is 0. The lowest BCUT2D eigenvalue weighted by Gasteiger charge is -2.29. The van der Waals surface area contributed by atoms with E-state index >= 15 is 0 Å². The van der Waals surface area contributed by atoms with E-state index in [2.05, 4.69) is 12.2 Å². The third kappa shape index (κ3) is 5.23. The largest absolute Gasteiger partial charge is 0.381 e. The first-order valence-electron chi connectivity index (χ1n) is 6.16. The van der Waals surface area contributed by atoms with Gasteiger partial charge in [-0.2, -0.15) is 0 Å². The van der Waals surface area contributed by atoms with E-state index in [1.54, 1.807) is 0 Å². The van der Waals surface area contributed by atoms with Crippen LogP contribution < -0.4 is 11.1 Å². The highest BCUT2D eigenvalue weighted by Gasteiger charge is 2.24. The molecule has 2 unspecified atom stereocenters. The van der Waals surface area contributed by atoms with Gasteiger partial charge in [-0.1, -0.05) is 13.8 Å². The Balaban J connectivity index is 0.00000256. The molecule has 1 saturated heterocycles. The van der Waals surface area contributed by atoms with Crippen LogP contribution in [0.15, 0.2) is 0 Å². The van der Waals surface area contributed by atoms with E-state index in [9.17, 15) is 4.79 Å². The Labute approximate surface area is 110 Å². The number of carbonyl (C=O) groups excluding carboxylic acids is 1. The van der Waals surface area contributed by atoms with Crippen LogP contribution in [0, 0.1) is 11.8 Å². The summed E-state index contributed by atoms with van der Waals surface area (Å²) in [4.78, 5) is 11.8. The molecule has 0 aromatic heterocycles. The number of carbonyl (C=O) groups is 1. The Morgan fingerprint density at radius 2 is 1.82 bits per heavy atom. The fraction of sp³-hybridized carbons (Fsp3) is 0.917. The number of ether oxygens (including phenoxy) is 1. The zero-order valence-corrected chi connectivity index (χ0v) is 11.8. The monoisotopic (exact) mass is 264 g/mol. The molecule has 1 heterocycles. The van der Waals surface area contributed by atoms with Crippen molar-refractivity contribution in [1.82, 2.24) is 5.32 Å². The Bertz CT molecular complexity index is 231. The van der Waals surface area contributed by atoms with Gasteiger partial charge in [0.05, 0.1) is 6.04 Å². The van der Waals surface area contributed by atoms with Gasteiger partial charge in [0.25, 0.3) is 0 Å². The van der Waals surface area contributed by atoms with Gasteiger partial charge in [0, 0.05) is 19.3 Å². The second-order valence-corrected chi connectivity index (χ2v) is 5.02. The Morgan fingerprint density at radius 1 is 1.29 bits per heavy atom. The molecule has 0 saturated carbocycles. The highest BCUT2D eigenvalue weighted by Crippen LogP contribution is 2.18. The summed E-state index contributed by atoms with van der Waals surface area (Å²) in [5.74, 6) is 0.674. The van der Waals surface area contributed by atoms with E-state index in [-0.39, 0.29) is 30.3 Å². The van der Waals surface area contributed by atoms with Gasteiger partial charge < -0.3 is 15.8 Å². The molecule has 102 valence electrons. The molecule has 3 N–H and O–H groups in total. The molecule has 0 aromatic carbocycles. The van der Waals surface area contributed by atoms with Crippen LogP contribution in [0.25, 0.3) is 0 Å². The van der Waals surface area contributed by atoms with Crippen molar-refractivity contribution in [2.75, 3.05) is 13.2 Å². The molecule has 2 atom stereocenters. The average Bonchev–Trinajstić information content (AvgIpc) is 2.28. The van der Waals surface area contributed by atoms with E-state index in [0.717, 1.165) is 26.1 Å².